The lowest BCUT2D eigenvalue weighted by Crippen LogP contribution is -2.51. The largest absolute Gasteiger partial charge is 0.344 e. The van der Waals surface area contributed by atoms with E-state index >= 15 is 0 Å². The summed E-state index contributed by atoms with van der Waals surface area (Å²) in [4.78, 5) is 24.3. The van der Waals surface area contributed by atoms with Crippen molar-refractivity contribution >= 4 is 46.5 Å². The lowest BCUT2D eigenvalue weighted by Gasteiger charge is -2.34. The van der Waals surface area contributed by atoms with E-state index in [-0.39, 0.29) is 11.7 Å². The summed E-state index contributed by atoms with van der Waals surface area (Å²) in [5.74, 6) is -0.741. The number of carbonyl (C=O) groups excluding carboxylic acids is 2. The maximum absolute atomic E-state index is 12.3. The van der Waals surface area contributed by atoms with E-state index in [9.17, 15) is 9.59 Å². The molecule has 0 aliphatic heterocycles. The number of amides is 1. The molecule has 0 bridgehead atoms. The number of carbonyl (C=O) groups is 2. The van der Waals surface area contributed by atoms with Crippen LogP contribution in [0.2, 0.25) is 0 Å². The third-order valence-electron chi connectivity index (χ3n) is 3.68. The summed E-state index contributed by atoms with van der Waals surface area (Å²) in [6, 6.07) is 7.85. The topological polar surface area (TPSA) is 46.2 Å². The lowest BCUT2D eigenvalue weighted by molar-refractivity contribution is -0.125. The molecule has 0 aromatic heterocycles. The monoisotopic (exact) mass is 347 g/mol. The summed E-state index contributed by atoms with van der Waals surface area (Å²) in [5.41, 5.74) is 0.472. The van der Waals surface area contributed by atoms with E-state index in [0.29, 0.717) is 18.4 Å². The highest BCUT2D eigenvalue weighted by Gasteiger charge is 2.43. The van der Waals surface area contributed by atoms with Gasteiger partial charge in [-0.25, -0.2) is 0 Å². The van der Waals surface area contributed by atoms with Crippen LogP contribution in [0.3, 0.4) is 0 Å². The van der Waals surface area contributed by atoms with Gasteiger partial charge in [0.15, 0.2) is 0 Å². The highest BCUT2D eigenvalue weighted by molar-refractivity contribution is 6.68. The van der Waals surface area contributed by atoms with Crippen LogP contribution in [0.5, 0.6) is 0 Å². The van der Waals surface area contributed by atoms with Crippen LogP contribution < -0.4 is 5.32 Å². The third kappa shape index (κ3) is 4.35. The molecule has 1 aromatic carbocycles. The van der Waals surface area contributed by atoms with Gasteiger partial charge in [-0.3, -0.25) is 9.59 Å². The number of benzene rings is 1. The second-order valence-corrected chi connectivity index (χ2v) is 7.55. The second kappa shape index (κ2) is 6.99. The first kappa shape index (κ1) is 16.6. The maximum atomic E-state index is 12.3. The molecule has 0 saturated heterocycles. The Hall–Kier alpha value is -0.770. The highest BCUT2D eigenvalue weighted by Crippen LogP contribution is 2.38. The average Bonchev–Trinajstić information content (AvgIpc) is 2.45. The summed E-state index contributed by atoms with van der Waals surface area (Å²) in [6.07, 6.45) is 2.86. The third-order valence-corrected chi connectivity index (χ3v) is 4.38. The van der Waals surface area contributed by atoms with Crippen LogP contribution in [0, 0.1) is 5.92 Å². The molecule has 3 nitrogen and oxygen atoms in total. The Morgan fingerprint density at radius 1 is 1.19 bits per heavy atom. The average molecular weight is 349 g/mol. The van der Waals surface area contributed by atoms with Crippen LogP contribution in [0.15, 0.2) is 30.3 Å². The van der Waals surface area contributed by atoms with Gasteiger partial charge in [-0.05, 0) is 25.0 Å². The summed E-state index contributed by atoms with van der Waals surface area (Å²) in [5, 5.41) is 2.72. The first-order valence-electron chi connectivity index (χ1n) is 6.85. The molecule has 1 amide bonds. The highest BCUT2D eigenvalue weighted by atomic mass is 35.6. The fourth-order valence-electron chi connectivity index (χ4n) is 2.59. The Bertz CT molecular complexity index is 513. The van der Waals surface area contributed by atoms with Gasteiger partial charge in [0, 0.05) is 17.9 Å². The number of nitrogens with one attached hydrogen (secondary N) is 1. The van der Waals surface area contributed by atoms with Crippen molar-refractivity contribution in [3.05, 3.63) is 35.9 Å². The quantitative estimate of drug-likeness (QED) is 0.842. The molecular formula is C15H16Cl3NO2. The van der Waals surface area contributed by atoms with Crippen LogP contribution in [0.25, 0.3) is 0 Å². The van der Waals surface area contributed by atoms with Crippen LogP contribution in [0.4, 0.5) is 0 Å². The molecule has 0 heterocycles. The molecule has 114 valence electrons. The van der Waals surface area contributed by atoms with Gasteiger partial charge < -0.3 is 5.32 Å². The maximum Gasteiger partial charge on any atom is 0.251 e. The molecule has 1 aliphatic rings. The van der Waals surface area contributed by atoms with E-state index in [0.717, 1.165) is 12.8 Å². The fraction of sp³-hybridized carbons (Fsp3) is 0.467. The Morgan fingerprint density at radius 3 is 2.43 bits per heavy atom. The number of halogens is 3. The van der Waals surface area contributed by atoms with Gasteiger partial charge in [0.2, 0.25) is 3.79 Å². The Labute approximate surface area is 138 Å². The van der Waals surface area contributed by atoms with E-state index in [1.165, 1.54) is 0 Å². The van der Waals surface area contributed by atoms with E-state index < -0.39 is 15.8 Å². The number of Topliss-reactive ketones (excluding diaryl/α,β-unsaturated/α-hetero) is 1. The summed E-state index contributed by atoms with van der Waals surface area (Å²) in [7, 11) is 0. The SMILES string of the molecule is O=C(N[C@H]([C@@H]1CCCCC1=O)C(Cl)(Cl)Cl)c1ccccc1. The lowest BCUT2D eigenvalue weighted by atomic mass is 9.83. The van der Waals surface area contributed by atoms with Gasteiger partial charge in [0.1, 0.15) is 5.78 Å². The molecule has 1 N–H and O–H groups in total. The van der Waals surface area contributed by atoms with Crippen molar-refractivity contribution in [3.63, 3.8) is 0 Å². The van der Waals surface area contributed by atoms with Gasteiger partial charge in [-0.15, -0.1) is 0 Å². The second-order valence-electron chi connectivity index (χ2n) is 5.18. The van der Waals surface area contributed by atoms with E-state index in [4.69, 9.17) is 34.8 Å². The molecule has 0 unspecified atom stereocenters. The minimum Gasteiger partial charge on any atom is -0.344 e. The molecule has 21 heavy (non-hydrogen) atoms. The Balaban J connectivity index is 2.17. The van der Waals surface area contributed by atoms with Crippen molar-refractivity contribution in [2.24, 2.45) is 5.92 Å². The summed E-state index contributed by atoms with van der Waals surface area (Å²) < 4.78 is -1.72. The van der Waals surface area contributed by atoms with Crippen molar-refractivity contribution in [1.82, 2.24) is 5.32 Å². The molecule has 1 aliphatic carbocycles. The van der Waals surface area contributed by atoms with Gasteiger partial charge in [0.25, 0.3) is 5.91 Å². The van der Waals surface area contributed by atoms with Crippen molar-refractivity contribution in [2.75, 3.05) is 0 Å². The Kier molecular flexibility index (Phi) is 5.53. The minimum absolute atomic E-state index is 0.0472. The predicted octanol–water partition coefficient (Wildman–Crippen LogP) is 3.91. The van der Waals surface area contributed by atoms with Crippen molar-refractivity contribution in [1.29, 1.82) is 0 Å². The number of ketones is 1. The van der Waals surface area contributed by atoms with Crippen LogP contribution in [-0.4, -0.2) is 21.5 Å². The van der Waals surface area contributed by atoms with Crippen molar-refractivity contribution < 1.29 is 9.59 Å². The first-order valence-corrected chi connectivity index (χ1v) is 7.98. The molecule has 0 radical (unpaired) electrons. The molecule has 2 rings (SSSR count). The minimum atomic E-state index is -1.72. The molecule has 1 aromatic rings. The van der Waals surface area contributed by atoms with Crippen molar-refractivity contribution in [3.8, 4) is 0 Å². The van der Waals surface area contributed by atoms with Crippen LogP contribution in [-0.2, 0) is 4.79 Å². The summed E-state index contributed by atoms with van der Waals surface area (Å²) >= 11 is 18.0. The smallest absolute Gasteiger partial charge is 0.251 e. The van der Waals surface area contributed by atoms with E-state index in [1.807, 2.05) is 6.07 Å². The first-order chi connectivity index (χ1) is 9.89. The number of alkyl halides is 3. The normalized spacial score (nSPS) is 20.9. The van der Waals surface area contributed by atoms with Gasteiger partial charge in [-0.1, -0.05) is 59.4 Å². The van der Waals surface area contributed by atoms with E-state index in [1.54, 1.807) is 24.3 Å². The Morgan fingerprint density at radius 2 is 1.86 bits per heavy atom. The van der Waals surface area contributed by atoms with E-state index in [2.05, 4.69) is 5.32 Å². The molecule has 6 heteroatoms. The zero-order chi connectivity index (χ0) is 15.5. The molecule has 1 saturated carbocycles. The van der Waals surface area contributed by atoms with Gasteiger partial charge in [0.05, 0.1) is 6.04 Å². The standard InChI is InChI=1S/C15H16Cl3NO2/c16-15(17,18)13(11-8-4-5-9-12(11)20)19-14(21)10-6-2-1-3-7-10/h1-3,6-7,11,13H,4-5,8-9H2,(H,19,21)/t11-,13-/m1/s1. The zero-order valence-corrected chi connectivity index (χ0v) is 13.6. The van der Waals surface area contributed by atoms with Gasteiger partial charge in [-0.2, -0.15) is 0 Å². The fourth-order valence-corrected chi connectivity index (χ4v) is 3.21. The van der Waals surface area contributed by atoms with Crippen LogP contribution in [0.1, 0.15) is 36.0 Å². The van der Waals surface area contributed by atoms with Gasteiger partial charge >= 0.3 is 0 Å². The molecule has 1 fully saturated rings. The predicted molar refractivity (Wildman–Crippen MR) is 85.0 cm³/mol. The zero-order valence-electron chi connectivity index (χ0n) is 11.3. The molecular weight excluding hydrogens is 333 g/mol. The number of hydrogen-bond acceptors (Lipinski definition) is 2. The van der Waals surface area contributed by atoms with Crippen molar-refractivity contribution in [2.45, 2.75) is 35.5 Å². The molecule has 2 atom stereocenters. The summed E-state index contributed by atoms with van der Waals surface area (Å²) in [6.45, 7) is 0. The van der Waals surface area contributed by atoms with Crippen LogP contribution >= 0.6 is 34.8 Å². The number of hydrogen-bond donors (Lipinski definition) is 1. The molecule has 0 spiro atoms. The number of rotatable bonds is 3.